The van der Waals surface area contributed by atoms with Gasteiger partial charge in [-0.15, -0.1) is 0 Å². The lowest BCUT2D eigenvalue weighted by Gasteiger charge is -2.39. The van der Waals surface area contributed by atoms with E-state index in [-0.39, 0.29) is 5.41 Å². The molecule has 1 atom stereocenters. The maximum Gasteiger partial charge on any atom is 0.0499 e. The topological polar surface area (TPSA) is 23.5 Å². The van der Waals surface area contributed by atoms with E-state index in [1.165, 1.54) is 77.2 Å². The highest BCUT2D eigenvalue weighted by molar-refractivity contribution is 4.87. The van der Waals surface area contributed by atoms with E-state index in [4.69, 9.17) is 0 Å². The molecule has 0 radical (unpaired) electrons. The van der Waals surface area contributed by atoms with Crippen LogP contribution in [0.5, 0.6) is 0 Å². The second-order valence-electron chi connectivity index (χ2n) is 6.95. The second kappa shape index (κ2) is 7.64. The quantitative estimate of drug-likeness (QED) is 0.779. The number of aliphatic hydroxyl groups is 1. The van der Waals surface area contributed by atoms with Gasteiger partial charge in [-0.3, -0.25) is 4.90 Å². The summed E-state index contributed by atoms with van der Waals surface area (Å²) in [4.78, 5) is 2.73. The number of hydrogen-bond donors (Lipinski definition) is 1. The SMILES string of the molecule is CCC1CCCCCN1CC1(CO)CCCCCC1. The molecule has 1 aliphatic heterocycles. The second-order valence-corrected chi connectivity index (χ2v) is 6.95. The Bertz CT molecular complexity index is 246. The Morgan fingerprint density at radius 1 is 1.00 bits per heavy atom. The molecule has 2 nitrogen and oxygen atoms in total. The number of nitrogens with zero attached hydrogens (tertiary/aromatic N) is 1. The van der Waals surface area contributed by atoms with Crippen molar-refractivity contribution in [3.8, 4) is 0 Å². The summed E-state index contributed by atoms with van der Waals surface area (Å²) in [5.41, 5.74) is 0.217. The van der Waals surface area contributed by atoms with Crippen molar-refractivity contribution in [3.05, 3.63) is 0 Å². The van der Waals surface area contributed by atoms with Crippen molar-refractivity contribution in [2.45, 2.75) is 83.6 Å². The third-order valence-electron chi connectivity index (χ3n) is 5.51. The fraction of sp³-hybridized carbons (Fsp3) is 1.00. The maximum absolute atomic E-state index is 10.00. The average Bonchev–Trinajstić information content (AvgIpc) is 2.80. The first-order chi connectivity index (χ1) is 9.29. The fourth-order valence-corrected chi connectivity index (χ4v) is 4.18. The normalized spacial score (nSPS) is 29.7. The van der Waals surface area contributed by atoms with Crippen LogP contribution in [0.1, 0.15) is 77.6 Å². The minimum atomic E-state index is 0.217. The Morgan fingerprint density at radius 2 is 1.68 bits per heavy atom. The summed E-state index contributed by atoms with van der Waals surface area (Å²) in [5, 5.41) is 10.00. The lowest BCUT2D eigenvalue weighted by Crippen LogP contribution is -2.44. The Kier molecular flexibility index (Phi) is 6.15. The molecule has 1 aliphatic carbocycles. The summed E-state index contributed by atoms with van der Waals surface area (Å²) in [6.45, 7) is 5.16. The third-order valence-corrected chi connectivity index (χ3v) is 5.51. The zero-order valence-corrected chi connectivity index (χ0v) is 12.9. The van der Waals surface area contributed by atoms with Gasteiger partial charge in [-0.25, -0.2) is 0 Å². The summed E-state index contributed by atoms with van der Waals surface area (Å²) in [5.74, 6) is 0. The van der Waals surface area contributed by atoms with E-state index < -0.39 is 0 Å². The van der Waals surface area contributed by atoms with Crippen LogP contribution < -0.4 is 0 Å². The molecule has 112 valence electrons. The van der Waals surface area contributed by atoms with Crippen molar-refractivity contribution in [3.63, 3.8) is 0 Å². The molecule has 2 rings (SSSR count). The van der Waals surface area contributed by atoms with Crippen molar-refractivity contribution in [1.29, 1.82) is 0 Å². The number of aliphatic hydroxyl groups excluding tert-OH is 1. The minimum absolute atomic E-state index is 0.217. The summed E-state index contributed by atoms with van der Waals surface area (Å²) in [7, 11) is 0. The van der Waals surface area contributed by atoms with Gasteiger partial charge in [0.1, 0.15) is 0 Å². The molecule has 0 amide bonds. The zero-order chi connectivity index (χ0) is 13.6. The van der Waals surface area contributed by atoms with Crippen LogP contribution in [-0.4, -0.2) is 35.7 Å². The molecule has 0 aromatic rings. The van der Waals surface area contributed by atoms with Gasteiger partial charge in [-0.05, 0) is 38.6 Å². The van der Waals surface area contributed by atoms with Gasteiger partial charge in [0.05, 0.1) is 0 Å². The van der Waals surface area contributed by atoms with Crippen LogP contribution in [0.2, 0.25) is 0 Å². The monoisotopic (exact) mass is 267 g/mol. The Labute approximate surface area is 119 Å². The van der Waals surface area contributed by atoms with Crippen LogP contribution in [0.15, 0.2) is 0 Å². The summed E-state index contributed by atoms with van der Waals surface area (Å²) >= 11 is 0. The van der Waals surface area contributed by atoms with Gasteiger partial charge < -0.3 is 5.11 Å². The molecule has 1 unspecified atom stereocenters. The van der Waals surface area contributed by atoms with Gasteiger partial charge in [0.2, 0.25) is 0 Å². The molecule has 0 aromatic carbocycles. The molecular weight excluding hydrogens is 234 g/mol. The molecule has 19 heavy (non-hydrogen) atoms. The standard InChI is InChI=1S/C17H33NO/c1-2-16-10-6-5-9-13-18(16)14-17(15-19)11-7-3-4-8-12-17/h16,19H,2-15H2,1H3. The van der Waals surface area contributed by atoms with Crippen LogP contribution in [0.4, 0.5) is 0 Å². The molecule has 0 spiro atoms. The highest BCUT2D eigenvalue weighted by Gasteiger charge is 2.34. The third kappa shape index (κ3) is 4.19. The smallest absolute Gasteiger partial charge is 0.0499 e. The summed E-state index contributed by atoms with van der Waals surface area (Å²) in [6, 6.07) is 0.772. The largest absolute Gasteiger partial charge is 0.396 e. The van der Waals surface area contributed by atoms with Gasteiger partial charge in [-0.2, -0.15) is 0 Å². The molecule has 0 bridgehead atoms. The van der Waals surface area contributed by atoms with E-state index in [0.717, 1.165) is 12.6 Å². The van der Waals surface area contributed by atoms with Crippen LogP contribution >= 0.6 is 0 Å². The molecule has 1 heterocycles. The van der Waals surface area contributed by atoms with Crippen LogP contribution in [0.25, 0.3) is 0 Å². The lowest BCUT2D eigenvalue weighted by atomic mass is 9.80. The Hall–Kier alpha value is -0.0800. The van der Waals surface area contributed by atoms with Crippen molar-refractivity contribution >= 4 is 0 Å². The predicted octanol–water partition coefficient (Wildman–Crippen LogP) is 3.97. The predicted molar refractivity (Wildman–Crippen MR) is 81.3 cm³/mol. The van der Waals surface area contributed by atoms with Crippen molar-refractivity contribution < 1.29 is 5.11 Å². The Balaban J connectivity index is 2.01. The Morgan fingerprint density at radius 3 is 2.32 bits per heavy atom. The summed E-state index contributed by atoms with van der Waals surface area (Å²) in [6.07, 6.45) is 14.7. The van der Waals surface area contributed by atoms with Crippen LogP contribution in [-0.2, 0) is 0 Å². The van der Waals surface area contributed by atoms with E-state index in [9.17, 15) is 5.11 Å². The first-order valence-electron chi connectivity index (χ1n) is 8.64. The number of hydrogen-bond acceptors (Lipinski definition) is 2. The average molecular weight is 267 g/mol. The molecule has 2 fully saturated rings. The highest BCUT2D eigenvalue weighted by atomic mass is 16.3. The van der Waals surface area contributed by atoms with Crippen molar-refractivity contribution in [2.24, 2.45) is 5.41 Å². The fourth-order valence-electron chi connectivity index (χ4n) is 4.18. The molecule has 1 saturated heterocycles. The zero-order valence-electron chi connectivity index (χ0n) is 12.9. The van der Waals surface area contributed by atoms with Crippen molar-refractivity contribution in [2.75, 3.05) is 19.7 Å². The van der Waals surface area contributed by atoms with Crippen molar-refractivity contribution in [1.82, 2.24) is 4.90 Å². The van der Waals surface area contributed by atoms with Crippen LogP contribution in [0, 0.1) is 5.41 Å². The highest BCUT2D eigenvalue weighted by Crippen LogP contribution is 2.37. The lowest BCUT2D eigenvalue weighted by molar-refractivity contribution is 0.0413. The summed E-state index contributed by atoms with van der Waals surface area (Å²) < 4.78 is 0. The van der Waals surface area contributed by atoms with E-state index in [1.54, 1.807) is 0 Å². The first-order valence-corrected chi connectivity index (χ1v) is 8.64. The van der Waals surface area contributed by atoms with Gasteiger partial charge in [-0.1, -0.05) is 45.4 Å². The number of rotatable bonds is 4. The molecular formula is C17H33NO. The first kappa shape index (κ1) is 15.3. The van der Waals surface area contributed by atoms with E-state index in [1.807, 2.05) is 0 Å². The maximum atomic E-state index is 10.00. The molecule has 1 N–H and O–H groups in total. The van der Waals surface area contributed by atoms with Gasteiger partial charge in [0.25, 0.3) is 0 Å². The van der Waals surface area contributed by atoms with E-state index >= 15 is 0 Å². The van der Waals surface area contributed by atoms with Gasteiger partial charge in [0.15, 0.2) is 0 Å². The van der Waals surface area contributed by atoms with E-state index in [2.05, 4.69) is 11.8 Å². The van der Waals surface area contributed by atoms with Crippen LogP contribution in [0.3, 0.4) is 0 Å². The van der Waals surface area contributed by atoms with E-state index in [0.29, 0.717) is 6.61 Å². The number of likely N-dealkylation sites (tertiary alicyclic amines) is 1. The minimum Gasteiger partial charge on any atom is -0.396 e. The molecule has 0 aromatic heterocycles. The van der Waals surface area contributed by atoms with Gasteiger partial charge >= 0.3 is 0 Å². The van der Waals surface area contributed by atoms with Gasteiger partial charge in [0, 0.05) is 24.6 Å². The molecule has 2 aliphatic rings. The molecule has 2 heteroatoms. The molecule has 1 saturated carbocycles.